The molecule has 6 nitrogen and oxygen atoms in total. The highest BCUT2D eigenvalue weighted by molar-refractivity contribution is 7.99. The Balaban J connectivity index is 0.00000259. The molecule has 0 aromatic heterocycles. The van der Waals surface area contributed by atoms with Gasteiger partial charge in [-0.1, -0.05) is 81.4 Å². The summed E-state index contributed by atoms with van der Waals surface area (Å²) < 4.78 is 12.9. The fourth-order valence-corrected chi connectivity index (χ4v) is 6.16. The third-order valence-corrected chi connectivity index (χ3v) is 8.83. The van der Waals surface area contributed by atoms with E-state index >= 15 is 0 Å². The van der Waals surface area contributed by atoms with Crippen LogP contribution in [0.5, 0.6) is 0 Å². The Labute approximate surface area is 271 Å². The molecule has 8 heteroatoms. The van der Waals surface area contributed by atoms with Crippen molar-refractivity contribution < 1.29 is 24.2 Å². The van der Waals surface area contributed by atoms with E-state index in [0.29, 0.717) is 24.3 Å². The van der Waals surface area contributed by atoms with E-state index in [-0.39, 0.29) is 12.2 Å². The lowest BCUT2D eigenvalue weighted by atomic mass is 9.93. The molecule has 1 amide bonds. The van der Waals surface area contributed by atoms with Gasteiger partial charge in [0, 0.05) is 23.3 Å². The number of aliphatic carboxylic acids is 1. The van der Waals surface area contributed by atoms with Crippen LogP contribution in [0.15, 0.2) is 78.9 Å². The van der Waals surface area contributed by atoms with Crippen molar-refractivity contribution in [2.75, 3.05) is 23.5 Å². The number of nitrogens with one attached hydrogen (secondary N) is 1. The predicted molar refractivity (Wildman–Crippen MR) is 185 cm³/mol. The molecule has 44 heavy (non-hydrogen) atoms. The SMILES string of the molecule is CC.CCSCC(OCc1ccc(C(=O)NC(CCSC)C(=O)O)c(-c2ccccc2C)c1)C1CC=C(c2ccccc2)O1. The molecule has 0 saturated carbocycles. The summed E-state index contributed by atoms with van der Waals surface area (Å²) in [5.41, 5.74) is 5.15. The average molecular weight is 636 g/mol. The average Bonchev–Trinajstić information content (AvgIpc) is 3.55. The molecule has 3 atom stereocenters. The molecular weight excluding hydrogens is 591 g/mol. The topological polar surface area (TPSA) is 84.9 Å². The Kier molecular flexibility index (Phi) is 14.9. The molecular formula is C36H45NO5S2. The minimum atomic E-state index is -1.03. The van der Waals surface area contributed by atoms with Crippen LogP contribution in [-0.2, 0) is 20.9 Å². The predicted octanol–water partition coefficient (Wildman–Crippen LogP) is 8.09. The van der Waals surface area contributed by atoms with Crippen molar-refractivity contribution in [2.45, 2.75) is 65.4 Å². The molecule has 0 spiro atoms. The van der Waals surface area contributed by atoms with E-state index in [4.69, 9.17) is 9.47 Å². The van der Waals surface area contributed by atoms with E-state index < -0.39 is 17.9 Å². The first kappa shape index (κ1) is 35.3. The highest BCUT2D eigenvalue weighted by atomic mass is 32.2. The van der Waals surface area contributed by atoms with Crippen molar-refractivity contribution in [3.63, 3.8) is 0 Å². The second-order valence-corrected chi connectivity index (χ2v) is 12.5. The summed E-state index contributed by atoms with van der Waals surface area (Å²) in [6, 6.07) is 22.7. The third-order valence-electron chi connectivity index (χ3n) is 7.22. The number of carbonyl (C=O) groups excluding carboxylic acids is 1. The maximum Gasteiger partial charge on any atom is 0.326 e. The number of ether oxygens (including phenoxy) is 2. The number of hydrogen-bond acceptors (Lipinski definition) is 6. The summed E-state index contributed by atoms with van der Waals surface area (Å²) in [5.74, 6) is 1.91. The van der Waals surface area contributed by atoms with Crippen LogP contribution in [0.1, 0.15) is 60.7 Å². The lowest BCUT2D eigenvalue weighted by molar-refractivity contribution is -0.139. The van der Waals surface area contributed by atoms with E-state index in [1.807, 2.05) is 93.4 Å². The molecule has 3 aromatic rings. The molecule has 0 saturated heterocycles. The summed E-state index contributed by atoms with van der Waals surface area (Å²) in [5, 5.41) is 12.4. The van der Waals surface area contributed by atoms with Gasteiger partial charge >= 0.3 is 5.97 Å². The fraction of sp³-hybridized carbons (Fsp3) is 0.389. The maximum atomic E-state index is 13.4. The summed E-state index contributed by atoms with van der Waals surface area (Å²) in [4.78, 5) is 25.2. The van der Waals surface area contributed by atoms with Crippen LogP contribution in [0.25, 0.3) is 16.9 Å². The van der Waals surface area contributed by atoms with Gasteiger partial charge in [-0.25, -0.2) is 4.79 Å². The number of hydrogen-bond donors (Lipinski definition) is 2. The summed E-state index contributed by atoms with van der Waals surface area (Å²) in [6.45, 7) is 8.51. The zero-order valence-electron chi connectivity index (χ0n) is 26.4. The molecule has 0 radical (unpaired) electrons. The number of thioether (sulfide) groups is 2. The standard InChI is InChI=1S/C34H39NO5S2.C2H6/c1-4-42-22-32(31-17-16-30(40-31)25-11-6-5-7-12-25)39-21-24-14-15-27(28(20-24)26-13-9-8-10-23(26)2)33(36)35-29(34(37)38)18-19-41-3;1-2/h5-16,20,29,31-32H,4,17-19,21-22H2,1-3H3,(H,35,36)(H,37,38);1-2H3. The van der Waals surface area contributed by atoms with Gasteiger partial charge in [0.05, 0.1) is 6.61 Å². The Morgan fingerprint density at radius 2 is 1.77 bits per heavy atom. The van der Waals surface area contributed by atoms with E-state index in [2.05, 4.69) is 30.4 Å². The van der Waals surface area contributed by atoms with Crippen molar-refractivity contribution in [1.29, 1.82) is 0 Å². The largest absolute Gasteiger partial charge is 0.487 e. The van der Waals surface area contributed by atoms with Crippen molar-refractivity contribution in [3.05, 3.63) is 101 Å². The van der Waals surface area contributed by atoms with Crippen LogP contribution < -0.4 is 5.32 Å². The monoisotopic (exact) mass is 635 g/mol. The third kappa shape index (κ3) is 9.91. The fourth-order valence-electron chi connectivity index (χ4n) is 4.90. The number of benzene rings is 3. The highest BCUT2D eigenvalue weighted by Gasteiger charge is 2.29. The molecule has 236 valence electrons. The van der Waals surface area contributed by atoms with Crippen LogP contribution in [0.4, 0.5) is 0 Å². The smallest absolute Gasteiger partial charge is 0.326 e. The Bertz CT molecular complexity index is 1380. The summed E-state index contributed by atoms with van der Waals surface area (Å²) in [7, 11) is 0. The van der Waals surface area contributed by atoms with Gasteiger partial charge in [0.1, 0.15) is 24.0 Å². The van der Waals surface area contributed by atoms with E-state index in [9.17, 15) is 14.7 Å². The normalized spacial score (nSPS) is 15.3. The number of rotatable bonds is 15. The van der Waals surface area contributed by atoms with Crippen LogP contribution in [0.3, 0.4) is 0 Å². The van der Waals surface area contributed by atoms with Crippen molar-refractivity contribution in [3.8, 4) is 11.1 Å². The highest BCUT2D eigenvalue weighted by Crippen LogP contribution is 2.32. The number of aryl methyl sites for hydroxylation is 1. The van der Waals surface area contributed by atoms with Gasteiger partial charge in [-0.05, 0) is 71.6 Å². The lowest BCUT2D eigenvalue weighted by Crippen LogP contribution is -2.41. The second kappa shape index (κ2) is 18.6. The molecule has 0 aliphatic carbocycles. The molecule has 1 aliphatic heterocycles. The van der Waals surface area contributed by atoms with Crippen molar-refractivity contribution in [2.24, 2.45) is 0 Å². The van der Waals surface area contributed by atoms with Gasteiger partial charge in [-0.2, -0.15) is 23.5 Å². The minimum Gasteiger partial charge on any atom is -0.487 e. The zero-order valence-corrected chi connectivity index (χ0v) is 28.0. The maximum absolute atomic E-state index is 13.4. The first-order valence-corrected chi connectivity index (χ1v) is 17.8. The van der Waals surface area contributed by atoms with Gasteiger partial charge < -0.3 is 19.9 Å². The Hall–Kier alpha value is -3.20. The molecule has 1 aliphatic rings. The zero-order chi connectivity index (χ0) is 31.9. The summed E-state index contributed by atoms with van der Waals surface area (Å²) >= 11 is 3.38. The Morgan fingerprint density at radius 3 is 2.45 bits per heavy atom. The van der Waals surface area contributed by atoms with Crippen LogP contribution >= 0.6 is 23.5 Å². The Morgan fingerprint density at radius 1 is 1.05 bits per heavy atom. The van der Waals surface area contributed by atoms with Crippen LogP contribution in [0.2, 0.25) is 0 Å². The number of carboxylic acid groups (broad SMARTS) is 1. The van der Waals surface area contributed by atoms with Crippen molar-refractivity contribution >= 4 is 41.2 Å². The van der Waals surface area contributed by atoms with E-state index in [1.54, 1.807) is 17.8 Å². The molecule has 3 aromatic carbocycles. The number of carbonyl (C=O) groups is 2. The van der Waals surface area contributed by atoms with Gasteiger partial charge in [-0.15, -0.1) is 0 Å². The van der Waals surface area contributed by atoms with Gasteiger partial charge in [-0.3, -0.25) is 4.79 Å². The molecule has 4 rings (SSSR count). The molecule has 0 fully saturated rings. The lowest BCUT2D eigenvalue weighted by Gasteiger charge is -2.25. The van der Waals surface area contributed by atoms with E-state index in [1.165, 1.54) is 0 Å². The molecule has 3 unspecified atom stereocenters. The first-order chi connectivity index (χ1) is 21.4. The number of carboxylic acids is 1. The van der Waals surface area contributed by atoms with Crippen LogP contribution in [0, 0.1) is 6.92 Å². The minimum absolute atomic E-state index is 0.0746. The second-order valence-electron chi connectivity index (χ2n) is 10.2. The first-order valence-electron chi connectivity index (χ1n) is 15.2. The molecule has 2 N–H and O–H groups in total. The molecule has 0 bridgehead atoms. The van der Waals surface area contributed by atoms with E-state index in [0.717, 1.165) is 51.5 Å². The molecule has 1 heterocycles. The van der Waals surface area contributed by atoms with Crippen LogP contribution in [-0.4, -0.2) is 58.7 Å². The van der Waals surface area contributed by atoms with Gasteiger partial charge in [0.2, 0.25) is 0 Å². The van der Waals surface area contributed by atoms with Crippen molar-refractivity contribution in [1.82, 2.24) is 5.32 Å². The quantitative estimate of drug-likeness (QED) is 0.175. The number of amides is 1. The van der Waals surface area contributed by atoms with Gasteiger partial charge in [0.25, 0.3) is 5.91 Å². The summed E-state index contributed by atoms with van der Waals surface area (Å²) in [6.07, 6.45) is 5.02. The van der Waals surface area contributed by atoms with Gasteiger partial charge in [0.15, 0.2) is 0 Å².